The van der Waals surface area contributed by atoms with E-state index in [2.05, 4.69) is 15.5 Å². The highest BCUT2D eigenvalue weighted by Crippen LogP contribution is 2.16. The van der Waals surface area contributed by atoms with Crippen molar-refractivity contribution in [1.29, 1.82) is 0 Å². The predicted octanol–water partition coefficient (Wildman–Crippen LogP) is 1.21. The van der Waals surface area contributed by atoms with E-state index in [1.807, 2.05) is 0 Å². The topological polar surface area (TPSA) is 69.4 Å². The fourth-order valence-electron chi connectivity index (χ4n) is 2.40. The second-order valence-corrected chi connectivity index (χ2v) is 5.21. The third-order valence-corrected chi connectivity index (χ3v) is 3.58. The SMILES string of the molecule is COCCOCCc1noc(CCC2CCCNC2)n1. The molecular formula is C14H25N3O3. The van der Waals surface area contributed by atoms with Crippen molar-refractivity contribution < 1.29 is 14.0 Å². The van der Waals surface area contributed by atoms with Gasteiger partial charge in [-0.25, -0.2) is 0 Å². The molecule has 1 aromatic rings. The summed E-state index contributed by atoms with van der Waals surface area (Å²) < 4.78 is 15.6. The van der Waals surface area contributed by atoms with Gasteiger partial charge in [-0.1, -0.05) is 5.16 Å². The molecule has 0 amide bonds. The molecule has 0 aliphatic carbocycles. The number of nitrogens with one attached hydrogen (secondary N) is 1. The lowest BCUT2D eigenvalue weighted by atomic mass is 9.95. The van der Waals surface area contributed by atoms with Gasteiger partial charge in [-0.05, 0) is 38.3 Å². The number of hydrogen-bond donors (Lipinski definition) is 1. The summed E-state index contributed by atoms with van der Waals surface area (Å²) in [6, 6.07) is 0. The van der Waals surface area contributed by atoms with Crippen LogP contribution in [0, 0.1) is 5.92 Å². The zero-order valence-electron chi connectivity index (χ0n) is 12.3. The first-order valence-electron chi connectivity index (χ1n) is 7.47. The lowest BCUT2D eigenvalue weighted by Gasteiger charge is -2.21. The van der Waals surface area contributed by atoms with Gasteiger partial charge in [-0.15, -0.1) is 0 Å². The Balaban J connectivity index is 1.61. The van der Waals surface area contributed by atoms with Gasteiger partial charge >= 0.3 is 0 Å². The average Bonchev–Trinajstić information content (AvgIpc) is 2.94. The maximum atomic E-state index is 5.39. The normalized spacial score (nSPS) is 19.4. The molecule has 0 saturated carbocycles. The van der Waals surface area contributed by atoms with Crippen LogP contribution in [0.25, 0.3) is 0 Å². The molecule has 0 aromatic carbocycles. The fourth-order valence-corrected chi connectivity index (χ4v) is 2.40. The highest BCUT2D eigenvalue weighted by molar-refractivity contribution is 4.87. The van der Waals surface area contributed by atoms with Gasteiger partial charge in [0.25, 0.3) is 0 Å². The summed E-state index contributed by atoms with van der Waals surface area (Å²) in [5.41, 5.74) is 0. The molecule has 1 atom stereocenters. The van der Waals surface area contributed by atoms with Crippen LogP contribution in [0.1, 0.15) is 31.0 Å². The Labute approximate surface area is 120 Å². The number of piperidine rings is 1. The van der Waals surface area contributed by atoms with E-state index in [0.717, 1.165) is 43.6 Å². The Hall–Kier alpha value is -0.980. The summed E-state index contributed by atoms with van der Waals surface area (Å²) in [6.45, 7) is 4.11. The number of ether oxygens (including phenoxy) is 2. The van der Waals surface area contributed by atoms with Crippen molar-refractivity contribution in [3.05, 3.63) is 11.7 Å². The molecule has 1 aliphatic rings. The zero-order chi connectivity index (χ0) is 14.0. The Bertz CT molecular complexity index is 364. The predicted molar refractivity (Wildman–Crippen MR) is 74.6 cm³/mol. The standard InChI is InChI=1S/C14H25N3O3/c1-18-9-10-19-8-6-13-16-14(20-17-13)5-4-12-3-2-7-15-11-12/h12,15H,2-11H2,1H3. The summed E-state index contributed by atoms with van der Waals surface area (Å²) in [6.07, 6.45) is 5.28. The molecule has 2 rings (SSSR count). The maximum Gasteiger partial charge on any atom is 0.226 e. The van der Waals surface area contributed by atoms with Crippen molar-refractivity contribution in [2.75, 3.05) is 40.0 Å². The van der Waals surface area contributed by atoms with Gasteiger partial charge in [-0.2, -0.15) is 4.98 Å². The molecule has 20 heavy (non-hydrogen) atoms. The molecule has 1 saturated heterocycles. The largest absolute Gasteiger partial charge is 0.382 e. The van der Waals surface area contributed by atoms with Crippen molar-refractivity contribution >= 4 is 0 Å². The summed E-state index contributed by atoms with van der Waals surface area (Å²) >= 11 is 0. The molecule has 0 radical (unpaired) electrons. The number of aromatic nitrogens is 2. The number of rotatable bonds is 9. The van der Waals surface area contributed by atoms with Crippen molar-refractivity contribution in [2.24, 2.45) is 5.92 Å². The molecule has 1 N–H and O–H groups in total. The Morgan fingerprint density at radius 3 is 3.05 bits per heavy atom. The lowest BCUT2D eigenvalue weighted by molar-refractivity contribution is 0.0714. The monoisotopic (exact) mass is 283 g/mol. The molecule has 1 fully saturated rings. The van der Waals surface area contributed by atoms with Gasteiger partial charge in [0.2, 0.25) is 5.89 Å². The number of nitrogens with zero attached hydrogens (tertiary/aromatic N) is 2. The second-order valence-electron chi connectivity index (χ2n) is 5.21. The van der Waals surface area contributed by atoms with E-state index in [1.54, 1.807) is 7.11 Å². The molecule has 6 heteroatoms. The summed E-state index contributed by atoms with van der Waals surface area (Å²) in [5, 5.41) is 7.41. The smallest absolute Gasteiger partial charge is 0.226 e. The Morgan fingerprint density at radius 2 is 2.25 bits per heavy atom. The summed E-state index contributed by atoms with van der Waals surface area (Å²) in [5.74, 6) is 2.23. The van der Waals surface area contributed by atoms with Gasteiger partial charge in [-0.3, -0.25) is 0 Å². The molecule has 114 valence electrons. The van der Waals surface area contributed by atoms with Crippen LogP contribution in [-0.2, 0) is 22.3 Å². The van der Waals surface area contributed by atoms with E-state index < -0.39 is 0 Å². The van der Waals surface area contributed by atoms with Crippen molar-refractivity contribution in [3.8, 4) is 0 Å². The van der Waals surface area contributed by atoms with Crippen LogP contribution in [0.4, 0.5) is 0 Å². The highest BCUT2D eigenvalue weighted by Gasteiger charge is 2.14. The van der Waals surface area contributed by atoms with Gasteiger partial charge in [0.15, 0.2) is 5.82 Å². The minimum atomic E-state index is 0.606. The summed E-state index contributed by atoms with van der Waals surface area (Å²) in [4.78, 5) is 4.40. The fraction of sp³-hybridized carbons (Fsp3) is 0.857. The number of methoxy groups -OCH3 is 1. The number of hydrogen-bond acceptors (Lipinski definition) is 6. The Morgan fingerprint density at radius 1 is 1.30 bits per heavy atom. The van der Waals surface area contributed by atoms with Crippen LogP contribution in [0.2, 0.25) is 0 Å². The zero-order valence-corrected chi connectivity index (χ0v) is 12.3. The lowest BCUT2D eigenvalue weighted by Crippen LogP contribution is -2.29. The van der Waals surface area contributed by atoms with Crippen LogP contribution in [0.15, 0.2) is 4.52 Å². The van der Waals surface area contributed by atoms with E-state index in [0.29, 0.717) is 26.2 Å². The van der Waals surface area contributed by atoms with Crippen molar-refractivity contribution in [1.82, 2.24) is 15.5 Å². The van der Waals surface area contributed by atoms with Crippen LogP contribution < -0.4 is 5.32 Å². The second kappa shape index (κ2) is 9.05. The van der Waals surface area contributed by atoms with Crippen LogP contribution in [0.5, 0.6) is 0 Å². The van der Waals surface area contributed by atoms with Gasteiger partial charge in [0.1, 0.15) is 0 Å². The number of aryl methyl sites for hydroxylation is 1. The van der Waals surface area contributed by atoms with Crippen LogP contribution in [0.3, 0.4) is 0 Å². The van der Waals surface area contributed by atoms with Gasteiger partial charge in [0, 0.05) is 20.0 Å². The van der Waals surface area contributed by atoms with Gasteiger partial charge in [0.05, 0.1) is 19.8 Å². The molecule has 1 unspecified atom stereocenters. The van der Waals surface area contributed by atoms with Gasteiger partial charge < -0.3 is 19.3 Å². The van der Waals surface area contributed by atoms with E-state index in [9.17, 15) is 0 Å². The molecular weight excluding hydrogens is 258 g/mol. The Kier molecular flexibility index (Phi) is 6.97. The third kappa shape index (κ3) is 5.56. The van der Waals surface area contributed by atoms with E-state index in [1.165, 1.54) is 12.8 Å². The molecule has 0 bridgehead atoms. The first kappa shape index (κ1) is 15.4. The molecule has 6 nitrogen and oxygen atoms in total. The molecule has 1 aliphatic heterocycles. The van der Waals surface area contributed by atoms with E-state index in [4.69, 9.17) is 14.0 Å². The minimum Gasteiger partial charge on any atom is -0.382 e. The van der Waals surface area contributed by atoms with Crippen LogP contribution in [-0.4, -0.2) is 50.2 Å². The van der Waals surface area contributed by atoms with Crippen molar-refractivity contribution in [2.45, 2.75) is 32.1 Å². The highest BCUT2D eigenvalue weighted by atomic mass is 16.5. The van der Waals surface area contributed by atoms with E-state index >= 15 is 0 Å². The quantitative estimate of drug-likeness (QED) is 0.687. The molecule has 2 heterocycles. The van der Waals surface area contributed by atoms with Crippen LogP contribution >= 0.6 is 0 Å². The first-order chi connectivity index (χ1) is 9.88. The summed E-state index contributed by atoms with van der Waals surface area (Å²) in [7, 11) is 1.66. The third-order valence-electron chi connectivity index (χ3n) is 3.58. The molecule has 0 spiro atoms. The molecule has 1 aromatic heterocycles. The van der Waals surface area contributed by atoms with E-state index in [-0.39, 0.29) is 0 Å². The first-order valence-corrected chi connectivity index (χ1v) is 7.47. The minimum absolute atomic E-state index is 0.606. The average molecular weight is 283 g/mol. The maximum absolute atomic E-state index is 5.39. The van der Waals surface area contributed by atoms with Crippen molar-refractivity contribution in [3.63, 3.8) is 0 Å².